The minimum absolute atomic E-state index is 0.256. The number of nitrogens with zero attached hydrogens (tertiary/aromatic N) is 4. The van der Waals surface area contributed by atoms with Crippen LogP contribution in [0, 0.1) is 5.92 Å². The van der Waals surface area contributed by atoms with Crippen LogP contribution >= 0.6 is 0 Å². The zero-order valence-corrected chi connectivity index (χ0v) is 22.3. The first kappa shape index (κ1) is 24.1. The summed E-state index contributed by atoms with van der Waals surface area (Å²) in [7, 11) is 3.95. The molecule has 6 heteroatoms. The van der Waals surface area contributed by atoms with Gasteiger partial charge in [-0.05, 0) is 76.0 Å². The highest BCUT2D eigenvalue weighted by Crippen LogP contribution is 2.37. The molecular weight excluding hydrogens is 434 g/mol. The van der Waals surface area contributed by atoms with E-state index in [9.17, 15) is 0 Å². The van der Waals surface area contributed by atoms with E-state index < -0.39 is 0 Å². The van der Waals surface area contributed by atoms with Crippen molar-refractivity contribution < 1.29 is 4.74 Å². The standard InChI is InChI=1S/C29H41N5O/c1-7-23-24-19-22(8-9-25(24)31-28(23)21-10-12-30-27(18-21)35-6)33-14-16-34(17-15-33)26-11-13-32(5)29(3,4)20(26)2/h8-10,12,18-20,26,31H,7,11,13-17H2,1-6H3. The van der Waals surface area contributed by atoms with Crippen LogP contribution in [0.2, 0.25) is 0 Å². The first-order chi connectivity index (χ1) is 16.8. The van der Waals surface area contributed by atoms with Gasteiger partial charge in [0.15, 0.2) is 0 Å². The highest BCUT2D eigenvalue weighted by Gasteiger charge is 2.42. The fourth-order valence-corrected chi connectivity index (χ4v) is 6.22. The van der Waals surface area contributed by atoms with Crippen molar-refractivity contribution in [3.8, 4) is 17.1 Å². The quantitative estimate of drug-likeness (QED) is 0.560. The number of likely N-dealkylation sites (tertiary alicyclic amines) is 1. The van der Waals surface area contributed by atoms with Crippen LogP contribution in [0.3, 0.4) is 0 Å². The molecule has 2 saturated heterocycles. The average molecular weight is 476 g/mol. The number of benzene rings is 1. The Hall–Kier alpha value is -2.57. The lowest BCUT2D eigenvalue weighted by atomic mass is 9.76. The van der Waals surface area contributed by atoms with Crippen LogP contribution in [0.4, 0.5) is 5.69 Å². The average Bonchev–Trinajstić information content (AvgIpc) is 3.26. The van der Waals surface area contributed by atoms with Crippen LogP contribution in [-0.4, -0.2) is 78.2 Å². The Morgan fingerprint density at radius 1 is 1.09 bits per heavy atom. The van der Waals surface area contributed by atoms with Crippen LogP contribution in [-0.2, 0) is 6.42 Å². The van der Waals surface area contributed by atoms with Gasteiger partial charge in [-0.1, -0.05) is 13.8 Å². The highest BCUT2D eigenvalue weighted by molar-refractivity contribution is 5.93. The number of aromatic amines is 1. The number of H-pyrrole nitrogens is 1. The SMILES string of the molecule is CCc1c(-c2ccnc(OC)c2)[nH]c2ccc(N3CCN(C4CCN(C)C(C)(C)C4C)CC3)cc12. The number of pyridine rings is 1. The molecule has 0 spiro atoms. The molecule has 6 nitrogen and oxygen atoms in total. The molecule has 0 amide bonds. The number of hydrogen-bond donors (Lipinski definition) is 1. The number of aryl methyl sites for hydroxylation is 1. The Balaban J connectivity index is 1.35. The lowest BCUT2D eigenvalue weighted by molar-refractivity contribution is -0.0186. The van der Waals surface area contributed by atoms with Crippen molar-refractivity contribution in [3.63, 3.8) is 0 Å². The third-order valence-corrected chi connectivity index (χ3v) is 9.06. The van der Waals surface area contributed by atoms with E-state index in [0.29, 0.717) is 17.8 Å². The monoisotopic (exact) mass is 475 g/mol. The number of rotatable bonds is 5. The van der Waals surface area contributed by atoms with E-state index in [2.05, 4.69) is 83.7 Å². The molecule has 1 N–H and O–H groups in total. The van der Waals surface area contributed by atoms with Crippen molar-refractivity contribution in [1.82, 2.24) is 19.8 Å². The summed E-state index contributed by atoms with van der Waals surface area (Å²) in [6.45, 7) is 15.2. The number of methoxy groups -OCH3 is 1. The summed E-state index contributed by atoms with van der Waals surface area (Å²) >= 11 is 0. The number of anilines is 1. The van der Waals surface area contributed by atoms with Gasteiger partial charge >= 0.3 is 0 Å². The van der Waals surface area contributed by atoms with Gasteiger partial charge < -0.3 is 19.5 Å². The molecule has 2 fully saturated rings. The van der Waals surface area contributed by atoms with E-state index in [1.807, 2.05) is 12.3 Å². The molecule has 2 aromatic heterocycles. The molecule has 0 radical (unpaired) electrons. The lowest BCUT2D eigenvalue weighted by Crippen LogP contribution is -2.62. The van der Waals surface area contributed by atoms with Gasteiger partial charge in [-0.2, -0.15) is 0 Å². The van der Waals surface area contributed by atoms with Crippen molar-refractivity contribution in [2.24, 2.45) is 5.92 Å². The van der Waals surface area contributed by atoms with Crippen LogP contribution in [0.5, 0.6) is 5.88 Å². The minimum Gasteiger partial charge on any atom is -0.481 e. The van der Waals surface area contributed by atoms with Gasteiger partial charge in [-0.3, -0.25) is 4.90 Å². The van der Waals surface area contributed by atoms with Gasteiger partial charge in [-0.25, -0.2) is 4.98 Å². The molecule has 0 saturated carbocycles. The summed E-state index contributed by atoms with van der Waals surface area (Å²) in [4.78, 5) is 15.8. The smallest absolute Gasteiger partial charge is 0.213 e. The normalized spacial score (nSPS) is 23.7. The number of piperidine rings is 1. The molecule has 35 heavy (non-hydrogen) atoms. The summed E-state index contributed by atoms with van der Waals surface area (Å²) in [5.74, 6) is 1.31. The molecule has 5 rings (SSSR count). The summed E-state index contributed by atoms with van der Waals surface area (Å²) in [5.41, 5.74) is 6.43. The number of fused-ring (bicyclic) bond motifs is 1. The van der Waals surface area contributed by atoms with Crippen LogP contribution in [0.1, 0.15) is 39.7 Å². The van der Waals surface area contributed by atoms with Gasteiger partial charge in [0, 0.05) is 77.9 Å². The molecule has 3 aromatic rings. The maximum atomic E-state index is 5.36. The molecule has 2 aliphatic rings. The van der Waals surface area contributed by atoms with Gasteiger partial charge in [0.1, 0.15) is 0 Å². The molecular formula is C29H41N5O. The Morgan fingerprint density at radius 3 is 2.57 bits per heavy atom. The van der Waals surface area contributed by atoms with Crippen molar-refractivity contribution in [2.75, 3.05) is 51.8 Å². The second-order valence-corrected chi connectivity index (χ2v) is 10.9. The third-order valence-electron chi connectivity index (χ3n) is 9.06. The van der Waals surface area contributed by atoms with E-state index in [1.54, 1.807) is 7.11 Å². The number of piperazine rings is 1. The van der Waals surface area contributed by atoms with E-state index >= 15 is 0 Å². The zero-order valence-electron chi connectivity index (χ0n) is 22.3. The Morgan fingerprint density at radius 2 is 1.86 bits per heavy atom. The van der Waals surface area contributed by atoms with E-state index in [0.717, 1.165) is 38.2 Å². The molecule has 188 valence electrons. The van der Waals surface area contributed by atoms with E-state index in [-0.39, 0.29) is 5.54 Å². The molecule has 1 aromatic carbocycles. The fraction of sp³-hybridized carbons (Fsp3) is 0.552. The second-order valence-electron chi connectivity index (χ2n) is 10.9. The predicted octanol–water partition coefficient (Wildman–Crippen LogP) is 5.04. The summed E-state index contributed by atoms with van der Waals surface area (Å²) in [6.07, 6.45) is 4.07. The van der Waals surface area contributed by atoms with Crippen molar-refractivity contribution in [2.45, 2.75) is 52.1 Å². The molecule has 2 atom stereocenters. The summed E-state index contributed by atoms with van der Waals surface area (Å²) in [5, 5.41) is 1.32. The first-order valence-corrected chi connectivity index (χ1v) is 13.2. The topological polar surface area (TPSA) is 47.6 Å². The van der Waals surface area contributed by atoms with Crippen molar-refractivity contribution in [1.29, 1.82) is 0 Å². The number of hydrogen-bond acceptors (Lipinski definition) is 5. The Bertz CT molecular complexity index is 1180. The second kappa shape index (κ2) is 9.47. The number of aromatic nitrogens is 2. The first-order valence-electron chi connectivity index (χ1n) is 13.2. The molecule has 4 heterocycles. The van der Waals surface area contributed by atoms with Crippen molar-refractivity contribution in [3.05, 3.63) is 42.1 Å². The van der Waals surface area contributed by atoms with Crippen LogP contribution in [0.25, 0.3) is 22.2 Å². The molecule has 2 unspecified atom stereocenters. The number of nitrogens with one attached hydrogen (secondary N) is 1. The largest absolute Gasteiger partial charge is 0.481 e. The Kier molecular flexibility index (Phi) is 6.53. The van der Waals surface area contributed by atoms with Crippen LogP contribution in [0.15, 0.2) is 36.5 Å². The van der Waals surface area contributed by atoms with Crippen molar-refractivity contribution >= 4 is 16.6 Å². The molecule has 0 bridgehead atoms. The maximum Gasteiger partial charge on any atom is 0.213 e. The highest BCUT2D eigenvalue weighted by atomic mass is 16.5. The fourth-order valence-electron chi connectivity index (χ4n) is 6.22. The van der Waals surface area contributed by atoms with E-state index in [4.69, 9.17) is 4.74 Å². The van der Waals surface area contributed by atoms with Gasteiger partial charge in [0.2, 0.25) is 5.88 Å². The summed E-state index contributed by atoms with van der Waals surface area (Å²) in [6, 6.07) is 11.7. The van der Waals surface area contributed by atoms with Gasteiger partial charge in [0.05, 0.1) is 7.11 Å². The lowest BCUT2D eigenvalue weighted by Gasteiger charge is -2.53. The molecule has 0 aliphatic carbocycles. The predicted molar refractivity (Wildman–Crippen MR) is 146 cm³/mol. The minimum atomic E-state index is 0.256. The zero-order chi connectivity index (χ0) is 24.7. The third kappa shape index (κ3) is 4.31. The van der Waals surface area contributed by atoms with Gasteiger partial charge in [0.25, 0.3) is 0 Å². The maximum absolute atomic E-state index is 5.36. The summed E-state index contributed by atoms with van der Waals surface area (Å²) < 4.78 is 5.36. The van der Waals surface area contributed by atoms with E-state index in [1.165, 1.54) is 40.8 Å². The van der Waals surface area contributed by atoms with Gasteiger partial charge in [-0.15, -0.1) is 0 Å². The number of ether oxygens (including phenoxy) is 1. The molecule has 2 aliphatic heterocycles. The van der Waals surface area contributed by atoms with Crippen LogP contribution < -0.4 is 9.64 Å². The Labute approximate surface area is 210 Å².